The van der Waals surface area contributed by atoms with Gasteiger partial charge < -0.3 is 10.2 Å². The highest BCUT2D eigenvalue weighted by atomic mass is 32.1. The van der Waals surface area contributed by atoms with Crippen molar-refractivity contribution in [1.29, 1.82) is 0 Å². The molecule has 4 heteroatoms. The van der Waals surface area contributed by atoms with Gasteiger partial charge in [-0.2, -0.15) is 0 Å². The Hall–Kier alpha value is -0.480. The SMILES string of the molecule is O=C(O)C(O)C=S. The molecule has 1 unspecified atom stereocenters. The summed E-state index contributed by atoms with van der Waals surface area (Å²) in [6.45, 7) is 0. The van der Waals surface area contributed by atoms with Gasteiger partial charge in [-0.05, 0) is 0 Å². The van der Waals surface area contributed by atoms with Gasteiger partial charge in [0.2, 0.25) is 0 Å². The van der Waals surface area contributed by atoms with E-state index in [2.05, 4.69) is 12.2 Å². The van der Waals surface area contributed by atoms with E-state index in [9.17, 15) is 4.79 Å². The third-order valence-electron chi connectivity index (χ3n) is 0.382. The number of aliphatic hydroxyl groups excluding tert-OH is 1. The summed E-state index contributed by atoms with van der Waals surface area (Å²) in [6, 6.07) is 0. The first-order valence-electron chi connectivity index (χ1n) is 1.54. The lowest BCUT2D eigenvalue weighted by Gasteiger charge is -1.90. The fraction of sp³-hybridized carbons (Fsp3) is 0.333. The average Bonchev–Trinajstić information content (AvgIpc) is 1.65. The second kappa shape index (κ2) is 2.65. The monoisotopic (exact) mass is 120 g/mol. The van der Waals surface area contributed by atoms with Crippen LogP contribution in [0, 0.1) is 0 Å². The first-order chi connectivity index (χ1) is 3.18. The minimum Gasteiger partial charge on any atom is -0.479 e. The Kier molecular flexibility index (Phi) is 2.47. The number of thiocarbonyl (C=S) groups is 1. The molecule has 2 N–H and O–H groups in total. The van der Waals surface area contributed by atoms with Gasteiger partial charge in [-0.15, -0.1) is 0 Å². The summed E-state index contributed by atoms with van der Waals surface area (Å²) < 4.78 is 0. The Morgan fingerprint density at radius 3 is 2.29 bits per heavy atom. The van der Waals surface area contributed by atoms with Crippen molar-refractivity contribution in [2.24, 2.45) is 0 Å². The third-order valence-corrected chi connectivity index (χ3v) is 0.640. The van der Waals surface area contributed by atoms with E-state index in [0.29, 0.717) is 0 Å². The maximum Gasteiger partial charge on any atom is 0.337 e. The second-order valence-corrected chi connectivity index (χ2v) is 1.19. The quantitative estimate of drug-likeness (QED) is 0.479. The maximum atomic E-state index is 9.58. The normalized spacial score (nSPS) is 12.7. The summed E-state index contributed by atoms with van der Waals surface area (Å²) in [4.78, 5) is 9.58. The predicted octanol–water partition coefficient (Wildman–Crippen LogP) is -0.568. The van der Waals surface area contributed by atoms with Crippen molar-refractivity contribution in [2.45, 2.75) is 6.10 Å². The molecule has 0 aliphatic rings. The zero-order valence-electron chi connectivity index (χ0n) is 3.37. The summed E-state index contributed by atoms with van der Waals surface area (Å²) in [7, 11) is 0. The number of rotatable bonds is 2. The minimum absolute atomic E-state index is 0.780. The van der Waals surface area contributed by atoms with Gasteiger partial charge >= 0.3 is 5.97 Å². The highest BCUT2D eigenvalue weighted by molar-refractivity contribution is 7.79. The largest absolute Gasteiger partial charge is 0.479 e. The number of carbonyl (C=O) groups is 1. The first kappa shape index (κ1) is 6.52. The molecule has 0 aromatic heterocycles. The molecule has 0 spiro atoms. The Morgan fingerprint density at radius 2 is 2.29 bits per heavy atom. The third kappa shape index (κ3) is 2.24. The van der Waals surface area contributed by atoms with Crippen molar-refractivity contribution in [2.75, 3.05) is 0 Å². The molecule has 40 valence electrons. The van der Waals surface area contributed by atoms with Crippen LogP contribution in [0.3, 0.4) is 0 Å². The smallest absolute Gasteiger partial charge is 0.337 e. The maximum absolute atomic E-state index is 9.58. The number of hydrogen-bond acceptors (Lipinski definition) is 3. The predicted molar refractivity (Wildman–Crippen MR) is 27.3 cm³/mol. The second-order valence-electron chi connectivity index (χ2n) is 0.919. The number of carboxylic acids is 1. The molecule has 7 heavy (non-hydrogen) atoms. The standard InChI is InChI=1S/C3H4O3S/c4-2(1-7)3(5)6/h1-2,4H,(H,5,6). The number of aliphatic carboxylic acids is 1. The van der Waals surface area contributed by atoms with E-state index in [0.717, 1.165) is 5.37 Å². The molecule has 0 aliphatic carbocycles. The van der Waals surface area contributed by atoms with Crippen LogP contribution in [0.15, 0.2) is 0 Å². The molecule has 0 radical (unpaired) electrons. The van der Waals surface area contributed by atoms with Crippen LogP contribution in [-0.2, 0) is 4.79 Å². The fourth-order valence-corrected chi connectivity index (χ4v) is 0.175. The molecule has 0 saturated heterocycles. The van der Waals surface area contributed by atoms with Gasteiger partial charge in [0.05, 0.1) is 0 Å². The lowest BCUT2D eigenvalue weighted by molar-refractivity contribution is -0.142. The molecule has 0 aliphatic heterocycles. The Bertz CT molecular complexity index is 90.2. The van der Waals surface area contributed by atoms with E-state index in [1.54, 1.807) is 0 Å². The summed E-state index contributed by atoms with van der Waals surface area (Å²) >= 11 is 4.10. The Morgan fingerprint density at radius 1 is 1.86 bits per heavy atom. The summed E-state index contributed by atoms with van der Waals surface area (Å²) in [5, 5.41) is 16.8. The van der Waals surface area contributed by atoms with Crippen LogP contribution in [0.4, 0.5) is 0 Å². The van der Waals surface area contributed by atoms with Gasteiger partial charge in [0.25, 0.3) is 0 Å². The minimum atomic E-state index is -1.49. The van der Waals surface area contributed by atoms with Crippen LogP contribution in [0.1, 0.15) is 0 Å². The summed E-state index contributed by atoms with van der Waals surface area (Å²) in [6.07, 6.45) is -1.49. The van der Waals surface area contributed by atoms with Gasteiger partial charge in [0.15, 0.2) is 6.10 Å². The van der Waals surface area contributed by atoms with Gasteiger partial charge in [-0.3, -0.25) is 0 Å². The van der Waals surface area contributed by atoms with Crippen molar-refractivity contribution in [3.63, 3.8) is 0 Å². The van der Waals surface area contributed by atoms with Crippen LogP contribution in [0.25, 0.3) is 0 Å². The molecule has 0 saturated carbocycles. The topological polar surface area (TPSA) is 57.5 Å². The van der Waals surface area contributed by atoms with E-state index < -0.39 is 12.1 Å². The first-order valence-corrected chi connectivity index (χ1v) is 2.02. The van der Waals surface area contributed by atoms with E-state index in [1.807, 2.05) is 0 Å². The molecule has 0 aromatic carbocycles. The number of aliphatic hydroxyl groups is 1. The van der Waals surface area contributed by atoms with Crippen molar-refractivity contribution < 1.29 is 15.0 Å². The van der Waals surface area contributed by atoms with Crippen molar-refractivity contribution in [3.05, 3.63) is 0 Å². The van der Waals surface area contributed by atoms with Crippen LogP contribution in [0.5, 0.6) is 0 Å². The van der Waals surface area contributed by atoms with Crippen LogP contribution in [0.2, 0.25) is 0 Å². The Balaban J connectivity index is 3.55. The molecule has 0 amide bonds. The molecule has 1 atom stereocenters. The van der Waals surface area contributed by atoms with E-state index >= 15 is 0 Å². The average molecular weight is 120 g/mol. The zero-order chi connectivity index (χ0) is 5.86. The van der Waals surface area contributed by atoms with Crippen molar-refractivity contribution in [3.8, 4) is 0 Å². The highest BCUT2D eigenvalue weighted by Crippen LogP contribution is 1.74. The van der Waals surface area contributed by atoms with Gasteiger partial charge in [-0.1, -0.05) is 12.2 Å². The Labute approximate surface area is 45.6 Å². The van der Waals surface area contributed by atoms with Crippen molar-refractivity contribution >= 4 is 23.6 Å². The van der Waals surface area contributed by atoms with Gasteiger partial charge in [0.1, 0.15) is 0 Å². The van der Waals surface area contributed by atoms with E-state index in [-0.39, 0.29) is 0 Å². The molecular formula is C3H4O3S. The lowest BCUT2D eigenvalue weighted by atomic mass is 10.4. The molecule has 3 nitrogen and oxygen atoms in total. The molecule has 0 bridgehead atoms. The van der Waals surface area contributed by atoms with Crippen LogP contribution >= 0.6 is 12.2 Å². The molecule has 0 heterocycles. The van der Waals surface area contributed by atoms with Crippen molar-refractivity contribution in [1.82, 2.24) is 0 Å². The molecule has 0 fully saturated rings. The number of carboxylic acid groups (broad SMARTS) is 1. The molecule has 0 rings (SSSR count). The number of hydrogen-bond donors (Lipinski definition) is 2. The lowest BCUT2D eigenvalue weighted by Crippen LogP contribution is -2.19. The van der Waals surface area contributed by atoms with E-state index in [4.69, 9.17) is 10.2 Å². The summed E-state index contributed by atoms with van der Waals surface area (Å²) in [5.41, 5.74) is 0. The molecule has 0 aromatic rings. The van der Waals surface area contributed by atoms with Crippen LogP contribution in [-0.4, -0.2) is 27.7 Å². The van der Waals surface area contributed by atoms with Gasteiger partial charge in [0, 0.05) is 5.37 Å². The van der Waals surface area contributed by atoms with Crippen LogP contribution < -0.4 is 0 Å². The fourth-order valence-electron chi connectivity index (χ4n) is 0.0582. The highest BCUT2D eigenvalue weighted by Gasteiger charge is 2.06. The van der Waals surface area contributed by atoms with E-state index in [1.165, 1.54) is 0 Å². The van der Waals surface area contributed by atoms with Gasteiger partial charge in [-0.25, -0.2) is 4.79 Å². The summed E-state index contributed by atoms with van der Waals surface area (Å²) in [5.74, 6) is -1.31. The zero-order valence-corrected chi connectivity index (χ0v) is 4.18. The molecular weight excluding hydrogens is 116 g/mol.